The molecule has 4 N–H and O–H groups in total. The van der Waals surface area contributed by atoms with E-state index < -0.39 is 24.5 Å². The fraction of sp³-hybridized carbons (Fsp3) is 0.222. The van der Waals surface area contributed by atoms with Crippen molar-refractivity contribution in [2.45, 2.75) is 6.10 Å². The lowest BCUT2D eigenvalue weighted by Gasteiger charge is -2.07. The summed E-state index contributed by atoms with van der Waals surface area (Å²) in [5, 5.41) is 28.6. The van der Waals surface area contributed by atoms with Crippen molar-refractivity contribution in [3.05, 3.63) is 24.0 Å². The summed E-state index contributed by atoms with van der Waals surface area (Å²) >= 11 is 0. The lowest BCUT2D eigenvalue weighted by molar-refractivity contribution is -0.146. The van der Waals surface area contributed by atoms with E-state index in [1.54, 1.807) is 0 Å². The molecule has 86 valence electrons. The van der Waals surface area contributed by atoms with Gasteiger partial charge in [-0.2, -0.15) is 0 Å². The number of aliphatic hydroxyl groups excluding tert-OH is 1. The van der Waals surface area contributed by atoms with Crippen LogP contribution >= 0.6 is 0 Å². The molecule has 1 atom stereocenters. The van der Waals surface area contributed by atoms with E-state index in [2.05, 4.69) is 10.3 Å². The molecule has 16 heavy (non-hydrogen) atoms. The van der Waals surface area contributed by atoms with Crippen LogP contribution in [0.5, 0.6) is 5.75 Å². The van der Waals surface area contributed by atoms with Crippen molar-refractivity contribution in [2.75, 3.05) is 6.54 Å². The van der Waals surface area contributed by atoms with E-state index in [0.29, 0.717) is 0 Å². The Kier molecular flexibility index (Phi) is 3.78. The quantitative estimate of drug-likeness (QED) is 0.520. The van der Waals surface area contributed by atoms with Gasteiger partial charge in [0.25, 0.3) is 5.91 Å². The first kappa shape index (κ1) is 11.9. The molecule has 0 aliphatic heterocycles. The Morgan fingerprint density at radius 3 is 2.75 bits per heavy atom. The number of aliphatic hydroxyl groups is 1. The van der Waals surface area contributed by atoms with Crippen molar-refractivity contribution in [3.8, 4) is 5.75 Å². The fourth-order valence-electron chi connectivity index (χ4n) is 0.932. The van der Waals surface area contributed by atoms with Crippen LogP contribution in [0.4, 0.5) is 0 Å². The highest BCUT2D eigenvalue weighted by molar-refractivity contribution is 5.94. The maximum absolute atomic E-state index is 11.4. The van der Waals surface area contributed by atoms with Gasteiger partial charge in [-0.3, -0.25) is 4.79 Å². The van der Waals surface area contributed by atoms with Crippen LogP contribution in [0, 0.1) is 0 Å². The smallest absolute Gasteiger partial charge is 0.334 e. The molecular weight excluding hydrogens is 216 g/mol. The summed E-state index contributed by atoms with van der Waals surface area (Å²) in [4.78, 5) is 25.2. The van der Waals surface area contributed by atoms with Gasteiger partial charge in [-0.15, -0.1) is 0 Å². The molecule has 0 spiro atoms. The summed E-state index contributed by atoms with van der Waals surface area (Å²) in [6, 6.07) is 2.72. The number of rotatable bonds is 4. The van der Waals surface area contributed by atoms with Crippen LogP contribution in [-0.4, -0.2) is 44.8 Å². The Hall–Kier alpha value is -2.15. The number of nitrogens with zero attached hydrogens (tertiary/aromatic N) is 1. The molecule has 7 heteroatoms. The van der Waals surface area contributed by atoms with Crippen LogP contribution < -0.4 is 5.32 Å². The first-order chi connectivity index (χ1) is 7.52. The highest BCUT2D eigenvalue weighted by Crippen LogP contribution is 2.11. The topological polar surface area (TPSA) is 120 Å². The molecule has 0 aliphatic carbocycles. The Morgan fingerprint density at radius 2 is 2.19 bits per heavy atom. The number of carboxylic acid groups (broad SMARTS) is 1. The van der Waals surface area contributed by atoms with E-state index in [0.717, 1.165) is 0 Å². The maximum atomic E-state index is 11.4. The molecule has 0 bridgehead atoms. The largest absolute Gasteiger partial charge is 0.505 e. The van der Waals surface area contributed by atoms with E-state index in [1.165, 1.54) is 18.3 Å². The molecule has 1 rings (SSSR count). The van der Waals surface area contributed by atoms with Gasteiger partial charge in [0.2, 0.25) is 0 Å². The third kappa shape index (κ3) is 2.92. The number of aromatic nitrogens is 1. The summed E-state index contributed by atoms with van der Waals surface area (Å²) in [6.45, 7) is -0.454. The second kappa shape index (κ2) is 5.08. The third-order valence-electron chi connectivity index (χ3n) is 1.74. The molecule has 1 amide bonds. The molecule has 0 radical (unpaired) electrons. The second-order valence-corrected chi connectivity index (χ2v) is 2.94. The van der Waals surface area contributed by atoms with Crippen molar-refractivity contribution >= 4 is 11.9 Å². The molecule has 1 aromatic rings. The van der Waals surface area contributed by atoms with E-state index in [1.807, 2.05) is 0 Å². The van der Waals surface area contributed by atoms with E-state index in [4.69, 9.17) is 10.2 Å². The van der Waals surface area contributed by atoms with Crippen molar-refractivity contribution in [3.63, 3.8) is 0 Å². The molecule has 1 unspecified atom stereocenters. The van der Waals surface area contributed by atoms with Crippen molar-refractivity contribution < 1.29 is 24.9 Å². The SMILES string of the molecule is O=C(NCC(O)C(=O)O)c1ncccc1O. The minimum atomic E-state index is -1.69. The number of aromatic hydroxyl groups is 1. The van der Waals surface area contributed by atoms with Gasteiger partial charge >= 0.3 is 5.97 Å². The Bertz CT molecular complexity index is 407. The van der Waals surface area contributed by atoms with Gasteiger partial charge in [0, 0.05) is 6.20 Å². The fourth-order valence-corrected chi connectivity index (χ4v) is 0.932. The van der Waals surface area contributed by atoms with E-state index >= 15 is 0 Å². The number of carbonyl (C=O) groups excluding carboxylic acids is 1. The van der Waals surface area contributed by atoms with Crippen molar-refractivity contribution in [1.29, 1.82) is 0 Å². The average Bonchev–Trinajstić information content (AvgIpc) is 2.25. The number of hydrogen-bond donors (Lipinski definition) is 4. The summed E-state index contributed by atoms with van der Waals surface area (Å²) in [7, 11) is 0. The lowest BCUT2D eigenvalue weighted by atomic mass is 10.3. The lowest BCUT2D eigenvalue weighted by Crippen LogP contribution is -2.36. The number of aliphatic carboxylic acids is 1. The number of amides is 1. The monoisotopic (exact) mass is 226 g/mol. The van der Waals surface area contributed by atoms with Crippen molar-refractivity contribution in [1.82, 2.24) is 10.3 Å². The average molecular weight is 226 g/mol. The van der Waals surface area contributed by atoms with E-state index in [-0.39, 0.29) is 11.4 Å². The summed E-state index contributed by atoms with van der Waals surface area (Å²) in [6.07, 6.45) is -0.378. The molecule has 0 saturated heterocycles. The van der Waals surface area contributed by atoms with Gasteiger partial charge in [-0.25, -0.2) is 9.78 Å². The Morgan fingerprint density at radius 1 is 1.50 bits per heavy atom. The highest BCUT2D eigenvalue weighted by Gasteiger charge is 2.17. The third-order valence-corrected chi connectivity index (χ3v) is 1.74. The number of hydrogen-bond acceptors (Lipinski definition) is 5. The zero-order chi connectivity index (χ0) is 12.1. The minimum Gasteiger partial charge on any atom is -0.505 e. The molecule has 0 aliphatic rings. The zero-order valence-electron chi connectivity index (χ0n) is 8.12. The molecule has 1 aromatic heterocycles. The summed E-state index contributed by atoms with van der Waals surface area (Å²) in [5.74, 6) is -2.51. The van der Waals surface area contributed by atoms with Gasteiger partial charge in [-0.05, 0) is 12.1 Å². The molecule has 0 aromatic carbocycles. The zero-order valence-corrected chi connectivity index (χ0v) is 8.12. The van der Waals surface area contributed by atoms with Gasteiger partial charge < -0.3 is 20.6 Å². The predicted molar refractivity (Wildman–Crippen MR) is 51.9 cm³/mol. The Balaban J connectivity index is 2.60. The first-order valence-corrected chi connectivity index (χ1v) is 4.35. The molecule has 0 fully saturated rings. The van der Waals surface area contributed by atoms with Crippen LogP contribution in [0.1, 0.15) is 10.5 Å². The van der Waals surface area contributed by atoms with Crippen LogP contribution in [0.3, 0.4) is 0 Å². The summed E-state index contributed by atoms with van der Waals surface area (Å²) < 4.78 is 0. The number of carboxylic acids is 1. The Labute approximate surface area is 90.4 Å². The standard InChI is InChI=1S/C9H10N2O5/c12-5-2-1-3-10-7(5)8(14)11-4-6(13)9(15)16/h1-3,6,12-13H,4H2,(H,11,14)(H,15,16). The minimum absolute atomic E-state index is 0.222. The van der Waals surface area contributed by atoms with Crippen LogP contribution in [-0.2, 0) is 4.79 Å². The molecule has 0 saturated carbocycles. The molecular formula is C9H10N2O5. The number of nitrogens with one attached hydrogen (secondary N) is 1. The molecule has 7 nitrogen and oxygen atoms in total. The second-order valence-electron chi connectivity index (χ2n) is 2.94. The van der Waals surface area contributed by atoms with Crippen LogP contribution in [0.25, 0.3) is 0 Å². The van der Waals surface area contributed by atoms with Crippen molar-refractivity contribution in [2.24, 2.45) is 0 Å². The maximum Gasteiger partial charge on any atom is 0.334 e. The number of carbonyl (C=O) groups is 2. The predicted octanol–water partition coefficient (Wildman–Crippen LogP) is -1.04. The van der Waals surface area contributed by atoms with Crippen LogP contribution in [0.15, 0.2) is 18.3 Å². The highest BCUT2D eigenvalue weighted by atomic mass is 16.4. The molecule has 1 heterocycles. The first-order valence-electron chi connectivity index (χ1n) is 4.35. The summed E-state index contributed by atoms with van der Waals surface area (Å²) in [5.41, 5.74) is -0.222. The van der Waals surface area contributed by atoms with Gasteiger partial charge in [0.15, 0.2) is 11.8 Å². The van der Waals surface area contributed by atoms with Gasteiger partial charge in [-0.1, -0.05) is 0 Å². The van der Waals surface area contributed by atoms with Crippen LogP contribution in [0.2, 0.25) is 0 Å². The number of pyridine rings is 1. The van der Waals surface area contributed by atoms with Gasteiger partial charge in [0.1, 0.15) is 5.75 Å². The van der Waals surface area contributed by atoms with Gasteiger partial charge in [0.05, 0.1) is 6.54 Å². The normalized spacial score (nSPS) is 11.8. The van der Waals surface area contributed by atoms with E-state index in [9.17, 15) is 14.7 Å².